The number of amides is 3. The number of rotatable bonds is 3. The van der Waals surface area contributed by atoms with Gasteiger partial charge in [-0.1, -0.05) is 12.1 Å². The van der Waals surface area contributed by atoms with Crippen LogP contribution in [0.15, 0.2) is 24.3 Å². The molecule has 0 aliphatic carbocycles. The first-order chi connectivity index (χ1) is 14.1. The number of hydrogen-bond acceptors (Lipinski definition) is 3. The molecule has 3 aliphatic rings. The lowest BCUT2D eigenvalue weighted by Crippen LogP contribution is -2.53. The summed E-state index contributed by atoms with van der Waals surface area (Å²) < 4.78 is 19.3. The molecule has 1 N–H and O–H groups in total. The molecule has 0 spiro atoms. The van der Waals surface area contributed by atoms with Gasteiger partial charge in [0.1, 0.15) is 5.82 Å². The van der Waals surface area contributed by atoms with Crippen molar-refractivity contribution in [1.29, 1.82) is 0 Å². The first kappa shape index (κ1) is 20.1. The van der Waals surface area contributed by atoms with Crippen molar-refractivity contribution >= 4 is 11.9 Å². The van der Waals surface area contributed by atoms with Crippen molar-refractivity contribution in [3.05, 3.63) is 35.6 Å². The molecule has 0 radical (unpaired) electrons. The van der Waals surface area contributed by atoms with Crippen molar-refractivity contribution < 1.29 is 18.7 Å². The van der Waals surface area contributed by atoms with Gasteiger partial charge in [-0.15, -0.1) is 0 Å². The lowest BCUT2D eigenvalue weighted by molar-refractivity contribution is -0.129. The lowest BCUT2D eigenvalue weighted by Gasteiger charge is -2.40. The Bertz CT molecular complexity index is 737. The Morgan fingerprint density at radius 3 is 2.34 bits per heavy atom. The predicted molar refractivity (Wildman–Crippen MR) is 107 cm³/mol. The number of halogens is 1. The third-order valence-corrected chi connectivity index (χ3v) is 6.60. The monoisotopic (exact) mass is 403 g/mol. The van der Waals surface area contributed by atoms with Crippen LogP contribution >= 0.6 is 0 Å². The highest BCUT2D eigenvalue weighted by Gasteiger charge is 2.39. The maximum atomic E-state index is 13.8. The SMILES string of the molecule is O=C(NC1(c2cccc(F)c2)CCOCC1)C1CCN(C(=O)N2CCCC2)CC1. The van der Waals surface area contributed by atoms with Crippen LogP contribution in [-0.2, 0) is 15.1 Å². The van der Waals surface area contributed by atoms with Crippen LogP contribution in [0.3, 0.4) is 0 Å². The van der Waals surface area contributed by atoms with Gasteiger partial charge in [-0.05, 0) is 56.2 Å². The fourth-order valence-corrected chi connectivity index (χ4v) is 4.77. The molecule has 3 amide bonds. The second kappa shape index (κ2) is 8.69. The molecule has 6 nitrogen and oxygen atoms in total. The fourth-order valence-electron chi connectivity index (χ4n) is 4.77. The number of benzene rings is 1. The maximum absolute atomic E-state index is 13.8. The van der Waals surface area contributed by atoms with Gasteiger partial charge < -0.3 is 19.9 Å². The molecule has 4 rings (SSSR count). The van der Waals surface area contributed by atoms with E-state index in [2.05, 4.69) is 5.32 Å². The van der Waals surface area contributed by atoms with Gasteiger partial charge in [-0.25, -0.2) is 9.18 Å². The predicted octanol–water partition coefficient (Wildman–Crippen LogP) is 2.88. The summed E-state index contributed by atoms with van der Waals surface area (Å²) in [7, 11) is 0. The minimum absolute atomic E-state index is 0.00410. The number of carbonyl (C=O) groups is 2. The summed E-state index contributed by atoms with van der Waals surface area (Å²) in [4.78, 5) is 29.5. The van der Waals surface area contributed by atoms with Crippen molar-refractivity contribution in [3.8, 4) is 0 Å². The van der Waals surface area contributed by atoms with Crippen LogP contribution in [0, 0.1) is 11.7 Å². The number of hydrogen-bond donors (Lipinski definition) is 1. The highest BCUT2D eigenvalue weighted by Crippen LogP contribution is 2.33. The van der Waals surface area contributed by atoms with E-state index in [1.54, 1.807) is 6.07 Å². The number of carbonyl (C=O) groups excluding carboxylic acids is 2. The molecule has 0 bridgehead atoms. The number of piperidine rings is 1. The average molecular weight is 403 g/mol. The summed E-state index contributed by atoms with van der Waals surface area (Å²) in [5.74, 6) is -0.410. The molecule has 29 heavy (non-hydrogen) atoms. The van der Waals surface area contributed by atoms with E-state index in [-0.39, 0.29) is 23.7 Å². The lowest BCUT2D eigenvalue weighted by atomic mass is 9.81. The van der Waals surface area contributed by atoms with Gasteiger partial charge in [0, 0.05) is 45.3 Å². The van der Waals surface area contributed by atoms with E-state index >= 15 is 0 Å². The fraction of sp³-hybridized carbons (Fsp3) is 0.636. The molecule has 0 saturated carbocycles. The second-order valence-corrected chi connectivity index (χ2v) is 8.43. The Labute approximate surface area is 171 Å². The zero-order valence-electron chi connectivity index (χ0n) is 16.9. The van der Waals surface area contributed by atoms with Gasteiger partial charge >= 0.3 is 6.03 Å². The van der Waals surface area contributed by atoms with E-state index in [1.165, 1.54) is 12.1 Å². The van der Waals surface area contributed by atoms with Crippen molar-refractivity contribution in [2.24, 2.45) is 5.92 Å². The molecule has 0 atom stereocenters. The molecule has 0 unspecified atom stereocenters. The van der Waals surface area contributed by atoms with Gasteiger partial charge in [0.15, 0.2) is 0 Å². The largest absolute Gasteiger partial charge is 0.381 e. The smallest absolute Gasteiger partial charge is 0.319 e. The van der Waals surface area contributed by atoms with Gasteiger partial charge in [0.25, 0.3) is 0 Å². The summed E-state index contributed by atoms with van der Waals surface area (Å²) in [6.45, 7) is 4.00. The zero-order valence-corrected chi connectivity index (χ0v) is 16.9. The quantitative estimate of drug-likeness (QED) is 0.844. The highest BCUT2D eigenvalue weighted by atomic mass is 19.1. The topological polar surface area (TPSA) is 61.9 Å². The number of likely N-dealkylation sites (tertiary alicyclic amines) is 2. The van der Waals surface area contributed by atoms with Crippen LogP contribution in [0.25, 0.3) is 0 Å². The first-order valence-electron chi connectivity index (χ1n) is 10.8. The van der Waals surface area contributed by atoms with Gasteiger partial charge in [0.05, 0.1) is 5.54 Å². The summed E-state index contributed by atoms with van der Waals surface area (Å²) in [6, 6.07) is 6.62. The van der Waals surface area contributed by atoms with Crippen LogP contribution in [-0.4, -0.2) is 61.1 Å². The minimum Gasteiger partial charge on any atom is -0.381 e. The van der Waals surface area contributed by atoms with E-state index < -0.39 is 5.54 Å². The maximum Gasteiger partial charge on any atom is 0.319 e. The van der Waals surface area contributed by atoms with Crippen LogP contribution in [0.1, 0.15) is 44.1 Å². The van der Waals surface area contributed by atoms with Gasteiger partial charge in [0.2, 0.25) is 5.91 Å². The van der Waals surface area contributed by atoms with E-state index in [0.717, 1.165) is 31.5 Å². The zero-order chi connectivity index (χ0) is 20.3. The number of urea groups is 1. The van der Waals surface area contributed by atoms with E-state index in [9.17, 15) is 14.0 Å². The minimum atomic E-state index is -0.583. The normalized spacial score (nSPS) is 22.5. The molecular formula is C22H30FN3O3. The number of ether oxygens (including phenoxy) is 1. The van der Waals surface area contributed by atoms with E-state index in [4.69, 9.17) is 4.74 Å². The summed E-state index contributed by atoms with van der Waals surface area (Å²) in [5, 5.41) is 3.25. The Morgan fingerprint density at radius 2 is 1.69 bits per heavy atom. The van der Waals surface area contributed by atoms with Crippen molar-refractivity contribution in [2.45, 2.75) is 44.1 Å². The third-order valence-electron chi connectivity index (χ3n) is 6.60. The van der Waals surface area contributed by atoms with Crippen LogP contribution in [0.5, 0.6) is 0 Å². The molecule has 3 saturated heterocycles. The van der Waals surface area contributed by atoms with Crippen molar-refractivity contribution in [3.63, 3.8) is 0 Å². The van der Waals surface area contributed by atoms with E-state index in [1.807, 2.05) is 15.9 Å². The highest BCUT2D eigenvalue weighted by molar-refractivity contribution is 5.80. The molecular weight excluding hydrogens is 373 g/mol. The van der Waals surface area contributed by atoms with Crippen molar-refractivity contribution in [1.82, 2.24) is 15.1 Å². The van der Waals surface area contributed by atoms with E-state index in [0.29, 0.717) is 52.0 Å². The van der Waals surface area contributed by atoms with Crippen LogP contribution in [0.2, 0.25) is 0 Å². The van der Waals surface area contributed by atoms with Gasteiger partial charge in [-0.3, -0.25) is 4.79 Å². The Morgan fingerprint density at radius 1 is 1.03 bits per heavy atom. The summed E-state index contributed by atoms with van der Waals surface area (Å²) in [5.41, 5.74) is 0.218. The average Bonchev–Trinajstić information content (AvgIpc) is 3.29. The molecule has 7 heteroatoms. The molecule has 158 valence electrons. The molecule has 1 aromatic carbocycles. The standard InChI is InChI=1S/C22H30FN3O3/c23-19-5-3-4-18(16-19)22(8-14-29-15-9-22)24-20(27)17-6-12-26(13-7-17)21(28)25-10-1-2-11-25/h3-5,16-17H,1-2,6-15H2,(H,24,27). The van der Waals surface area contributed by atoms with Gasteiger partial charge in [-0.2, -0.15) is 0 Å². The Kier molecular flexibility index (Phi) is 6.04. The summed E-state index contributed by atoms with van der Waals surface area (Å²) >= 11 is 0. The molecule has 1 aromatic rings. The Hall–Kier alpha value is -2.15. The molecule has 3 fully saturated rings. The van der Waals surface area contributed by atoms with Crippen molar-refractivity contribution in [2.75, 3.05) is 39.4 Å². The third kappa shape index (κ3) is 4.39. The van der Waals surface area contributed by atoms with Crippen LogP contribution in [0.4, 0.5) is 9.18 Å². The molecule has 3 aliphatic heterocycles. The number of nitrogens with zero attached hydrogens (tertiary/aromatic N) is 2. The number of nitrogens with one attached hydrogen (secondary N) is 1. The molecule has 0 aromatic heterocycles. The Balaban J connectivity index is 1.39. The first-order valence-corrected chi connectivity index (χ1v) is 10.8. The summed E-state index contributed by atoms with van der Waals surface area (Å²) in [6.07, 6.45) is 4.76. The van der Waals surface area contributed by atoms with Crippen LogP contribution < -0.4 is 5.32 Å². The molecule has 3 heterocycles. The second-order valence-electron chi connectivity index (χ2n) is 8.43.